The molecule has 4 aromatic rings. The average molecular weight is 454 g/mol. The van der Waals surface area contributed by atoms with Crippen LogP contribution in [0.4, 0.5) is 5.13 Å². The molecule has 0 radical (unpaired) electrons. The van der Waals surface area contributed by atoms with Crippen LogP contribution in [0.25, 0.3) is 10.8 Å². The van der Waals surface area contributed by atoms with E-state index < -0.39 is 0 Å². The van der Waals surface area contributed by atoms with Crippen LogP contribution in [0, 0.1) is 6.92 Å². The molecule has 0 saturated carbocycles. The molecule has 9 heteroatoms. The van der Waals surface area contributed by atoms with Crippen molar-refractivity contribution in [3.8, 4) is 5.75 Å². The summed E-state index contributed by atoms with van der Waals surface area (Å²) in [5.41, 5.74) is 1.10. The van der Waals surface area contributed by atoms with Crippen LogP contribution < -0.4 is 10.1 Å². The first kappa shape index (κ1) is 21.3. The van der Waals surface area contributed by atoms with Gasteiger partial charge in [0.15, 0.2) is 16.1 Å². The second-order valence-corrected chi connectivity index (χ2v) is 9.13. The van der Waals surface area contributed by atoms with Crippen LogP contribution in [-0.2, 0) is 17.9 Å². The Kier molecular flexibility index (Phi) is 6.53. The minimum atomic E-state index is -0.338. The number of nitrogens with zero attached hydrogens (tertiary/aromatic N) is 4. The summed E-state index contributed by atoms with van der Waals surface area (Å²) < 4.78 is 8.07. The zero-order chi connectivity index (χ0) is 21.8. The molecule has 4 rings (SSSR count). The Morgan fingerprint density at radius 1 is 1.26 bits per heavy atom. The third kappa shape index (κ3) is 4.72. The molecule has 31 heavy (non-hydrogen) atoms. The Morgan fingerprint density at radius 2 is 2.10 bits per heavy atom. The topological polar surface area (TPSA) is 81.9 Å². The molecule has 0 aliphatic heterocycles. The molecule has 7 nitrogen and oxygen atoms in total. The quantitative estimate of drug-likeness (QED) is 0.382. The Balaban J connectivity index is 1.44. The Hall–Kier alpha value is -2.91. The molecular weight excluding hydrogens is 430 g/mol. The molecule has 1 N–H and O–H groups in total. The fourth-order valence-electron chi connectivity index (χ4n) is 3.24. The number of hydrogen-bond donors (Lipinski definition) is 1. The predicted molar refractivity (Wildman–Crippen MR) is 125 cm³/mol. The van der Waals surface area contributed by atoms with Gasteiger partial charge < -0.3 is 14.6 Å². The fraction of sp³-hybridized carbons (Fsp3) is 0.273. The number of benzene rings is 2. The van der Waals surface area contributed by atoms with E-state index in [0.717, 1.165) is 17.1 Å². The highest BCUT2D eigenvalue weighted by Crippen LogP contribution is 2.28. The van der Waals surface area contributed by atoms with Crippen LogP contribution in [0.1, 0.15) is 25.2 Å². The van der Waals surface area contributed by atoms with Gasteiger partial charge in [-0.1, -0.05) is 42.1 Å². The summed E-state index contributed by atoms with van der Waals surface area (Å²) in [6.45, 7) is 6.92. The van der Waals surface area contributed by atoms with E-state index in [1.54, 1.807) is 6.20 Å². The summed E-state index contributed by atoms with van der Waals surface area (Å²) in [7, 11) is 0. The number of aromatic nitrogens is 4. The van der Waals surface area contributed by atoms with Crippen molar-refractivity contribution in [1.29, 1.82) is 0 Å². The predicted octanol–water partition coefficient (Wildman–Crippen LogP) is 4.91. The minimum Gasteiger partial charge on any atom is -0.485 e. The number of hydrogen-bond acceptors (Lipinski definition) is 7. The van der Waals surface area contributed by atoms with Gasteiger partial charge >= 0.3 is 0 Å². The zero-order valence-electron chi connectivity index (χ0n) is 17.5. The van der Waals surface area contributed by atoms with Crippen LogP contribution in [0.2, 0.25) is 0 Å². The second-order valence-electron chi connectivity index (χ2n) is 6.93. The lowest BCUT2D eigenvalue weighted by Crippen LogP contribution is -2.23. The third-order valence-electron chi connectivity index (χ3n) is 4.93. The molecular formula is C22H23N5O2S2. The normalized spacial score (nSPS) is 12.1. The highest BCUT2D eigenvalue weighted by atomic mass is 32.2. The van der Waals surface area contributed by atoms with Gasteiger partial charge in [-0.25, -0.2) is 4.98 Å². The summed E-state index contributed by atoms with van der Waals surface area (Å²) in [5, 5.41) is 16.6. The van der Waals surface area contributed by atoms with Gasteiger partial charge in [-0.2, -0.15) is 0 Å². The van der Waals surface area contributed by atoms with Gasteiger partial charge in [0, 0.05) is 18.1 Å². The molecule has 0 unspecified atom stereocenters. The van der Waals surface area contributed by atoms with E-state index in [9.17, 15) is 4.79 Å². The number of amides is 1. The summed E-state index contributed by atoms with van der Waals surface area (Å²) in [6, 6.07) is 12.3. The lowest BCUT2D eigenvalue weighted by Gasteiger charge is -2.13. The van der Waals surface area contributed by atoms with E-state index in [-0.39, 0.29) is 11.2 Å². The van der Waals surface area contributed by atoms with Crippen molar-refractivity contribution in [2.45, 2.75) is 44.3 Å². The van der Waals surface area contributed by atoms with E-state index >= 15 is 0 Å². The van der Waals surface area contributed by atoms with E-state index in [2.05, 4.69) is 45.6 Å². The highest BCUT2D eigenvalue weighted by molar-refractivity contribution is 8.00. The Labute approximate surface area is 188 Å². The van der Waals surface area contributed by atoms with Crippen molar-refractivity contribution in [1.82, 2.24) is 19.7 Å². The molecule has 160 valence electrons. The van der Waals surface area contributed by atoms with Gasteiger partial charge in [0.2, 0.25) is 5.91 Å². The molecule has 0 aliphatic carbocycles. The first-order chi connectivity index (χ1) is 15.1. The summed E-state index contributed by atoms with van der Waals surface area (Å²) >= 11 is 2.76. The molecule has 2 aromatic heterocycles. The molecule has 2 heterocycles. The van der Waals surface area contributed by atoms with Gasteiger partial charge in [-0.3, -0.25) is 4.79 Å². The van der Waals surface area contributed by atoms with Crippen LogP contribution in [0.15, 0.2) is 53.1 Å². The molecule has 0 fully saturated rings. The van der Waals surface area contributed by atoms with Gasteiger partial charge in [-0.05, 0) is 43.2 Å². The van der Waals surface area contributed by atoms with E-state index in [1.165, 1.54) is 33.9 Å². The van der Waals surface area contributed by atoms with Gasteiger partial charge in [0.05, 0.1) is 5.25 Å². The van der Waals surface area contributed by atoms with E-state index in [0.29, 0.717) is 23.4 Å². The Bertz CT molecular complexity index is 1190. The summed E-state index contributed by atoms with van der Waals surface area (Å²) in [4.78, 5) is 16.5. The number of ether oxygens (including phenoxy) is 1. The fourth-order valence-corrected chi connectivity index (χ4v) is 4.70. The molecule has 1 atom stereocenters. The first-order valence-electron chi connectivity index (χ1n) is 9.97. The summed E-state index contributed by atoms with van der Waals surface area (Å²) in [6.07, 6.45) is 1.66. The van der Waals surface area contributed by atoms with Crippen molar-refractivity contribution in [2.75, 3.05) is 5.32 Å². The molecule has 0 spiro atoms. The summed E-state index contributed by atoms with van der Waals surface area (Å²) in [5.74, 6) is 1.44. The van der Waals surface area contributed by atoms with Gasteiger partial charge in [0.25, 0.3) is 0 Å². The van der Waals surface area contributed by atoms with Crippen molar-refractivity contribution in [2.24, 2.45) is 0 Å². The zero-order valence-corrected chi connectivity index (χ0v) is 19.2. The molecule has 2 aromatic carbocycles. The van der Waals surface area contributed by atoms with E-state index in [4.69, 9.17) is 4.74 Å². The number of carbonyl (C=O) groups is 1. The number of nitrogens with one attached hydrogen (secondary N) is 1. The largest absolute Gasteiger partial charge is 0.485 e. The second kappa shape index (κ2) is 9.49. The number of aryl methyl sites for hydroxylation is 1. The van der Waals surface area contributed by atoms with Crippen LogP contribution >= 0.6 is 23.1 Å². The highest BCUT2D eigenvalue weighted by Gasteiger charge is 2.20. The average Bonchev–Trinajstić information content (AvgIpc) is 3.43. The van der Waals surface area contributed by atoms with Crippen molar-refractivity contribution in [3.05, 3.63) is 59.4 Å². The van der Waals surface area contributed by atoms with Gasteiger partial charge in [0.1, 0.15) is 12.4 Å². The van der Waals surface area contributed by atoms with Crippen LogP contribution in [0.3, 0.4) is 0 Å². The number of anilines is 1. The van der Waals surface area contributed by atoms with Crippen molar-refractivity contribution >= 4 is 44.9 Å². The maximum Gasteiger partial charge on any atom is 0.239 e. The standard InChI is InChI=1S/C22H23N5O2S2/c1-4-27-19(13-29-18-10-9-16-7-5-6-8-17(16)14(18)2)25-26-22(27)31-15(3)20(28)24-21-23-11-12-30-21/h5-12,15H,4,13H2,1-3H3,(H,23,24,28)/t15-/m1/s1. The lowest BCUT2D eigenvalue weighted by molar-refractivity contribution is -0.115. The SMILES string of the molecule is CCn1c(COc2ccc3ccccc3c2C)nnc1S[C@H](C)C(=O)Nc1nccs1. The number of thioether (sulfide) groups is 1. The smallest absolute Gasteiger partial charge is 0.239 e. The molecule has 0 aliphatic rings. The maximum atomic E-state index is 12.4. The van der Waals surface area contributed by atoms with Gasteiger partial charge in [-0.15, -0.1) is 21.5 Å². The van der Waals surface area contributed by atoms with Crippen LogP contribution in [-0.4, -0.2) is 30.9 Å². The number of rotatable bonds is 8. The van der Waals surface area contributed by atoms with Crippen molar-refractivity contribution in [3.63, 3.8) is 0 Å². The van der Waals surface area contributed by atoms with Crippen molar-refractivity contribution < 1.29 is 9.53 Å². The first-order valence-corrected chi connectivity index (χ1v) is 11.7. The lowest BCUT2D eigenvalue weighted by atomic mass is 10.0. The Morgan fingerprint density at radius 3 is 2.87 bits per heavy atom. The number of carbonyl (C=O) groups excluding carboxylic acids is 1. The van der Waals surface area contributed by atoms with E-state index in [1.807, 2.05) is 42.0 Å². The monoisotopic (exact) mass is 453 g/mol. The van der Waals surface area contributed by atoms with Crippen LogP contribution in [0.5, 0.6) is 5.75 Å². The molecule has 0 saturated heterocycles. The maximum absolute atomic E-state index is 12.4. The minimum absolute atomic E-state index is 0.116. The molecule has 0 bridgehead atoms. The number of thiazole rings is 1. The molecule has 1 amide bonds. The third-order valence-corrected chi connectivity index (χ3v) is 6.70. The number of fused-ring (bicyclic) bond motifs is 1.